The van der Waals surface area contributed by atoms with Gasteiger partial charge in [-0.25, -0.2) is 0 Å². The van der Waals surface area contributed by atoms with Gasteiger partial charge in [0.15, 0.2) is 0 Å². The van der Waals surface area contributed by atoms with Gasteiger partial charge in [-0.2, -0.15) is 0 Å². The first kappa shape index (κ1) is 29.5. The number of imide groups is 1. The summed E-state index contributed by atoms with van der Waals surface area (Å²) in [6.07, 6.45) is 7.02. The molecule has 2 saturated heterocycles. The highest BCUT2D eigenvalue weighted by Gasteiger charge is 2.56. The Balaban J connectivity index is 1.48. The predicted octanol–water partition coefficient (Wildman–Crippen LogP) is 6.35. The van der Waals surface area contributed by atoms with Gasteiger partial charge in [0.25, 0.3) is 0 Å². The van der Waals surface area contributed by atoms with E-state index in [9.17, 15) is 19.5 Å². The van der Waals surface area contributed by atoms with E-state index in [1.807, 2.05) is 12.1 Å². The van der Waals surface area contributed by atoms with E-state index in [0.717, 1.165) is 29.3 Å². The molecule has 4 atom stereocenters. The summed E-state index contributed by atoms with van der Waals surface area (Å²) in [5, 5.41) is 19.1. The number of halogens is 1. The summed E-state index contributed by atoms with van der Waals surface area (Å²) in [4.78, 5) is 39.1. The van der Waals surface area contributed by atoms with Crippen molar-refractivity contribution in [3.8, 4) is 5.75 Å². The smallest absolute Gasteiger partial charge is 0.303 e. The maximum Gasteiger partial charge on any atom is 0.303 e. The Hall–Kier alpha value is -2.45. The van der Waals surface area contributed by atoms with E-state index in [2.05, 4.69) is 42.8 Å². The Morgan fingerprint density at radius 1 is 1.15 bits per heavy atom. The average Bonchev–Trinajstić information content (AvgIpc) is 3.41. The van der Waals surface area contributed by atoms with E-state index < -0.39 is 5.97 Å². The lowest BCUT2D eigenvalue weighted by Gasteiger charge is -2.33. The van der Waals surface area contributed by atoms with E-state index in [0.29, 0.717) is 38.8 Å². The number of hydrogen-bond donors (Lipinski definition) is 2. The van der Waals surface area contributed by atoms with Crippen molar-refractivity contribution < 1.29 is 29.3 Å². The van der Waals surface area contributed by atoms with E-state index in [1.165, 1.54) is 21.6 Å². The van der Waals surface area contributed by atoms with Crippen LogP contribution in [0.2, 0.25) is 0 Å². The van der Waals surface area contributed by atoms with Crippen LogP contribution in [0.4, 0.5) is 0 Å². The number of unbranched alkanes of at least 4 members (excludes halogenated alkanes) is 2. The first-order chi connectivity index (χ1) is 18.6. The molecule has 2 heterocycles. The number of hydrogen-bond acceptors (Lipinski definition) is 5. The monoisotopic (exact) mass is 601 g/mol. The summed E-state index contributed by atoms with van der Waals surface area (Å²) in [7, 11) is 0. The minimum Gasteiger partial charge on any atom is -0.507 e. The fourth-order valence-corrected chi connectivity index (χ4v) is 6.87. The number of carboxylic acids is 1. The number of rotatable bonds is 12. The highest BCUT2D eigenvalue weighted by Crippen LogP contribution is 2.51. The van der Waals surface area contributed by atoms with Gasteiger partial charge >= 0.3 is 5.97 Å². The predicted molar refractivity (Wildman–Crippen MR) is 153 cm³/mol. The molecule has 2 N–H and O–H groups in total. The first-order valence-electron chi connectivity index (χ1n) is 14.2. The number of aliphatic carboxylic acids is 1. The fraction of sp³-hybridized carbons (Fsp3) is 0.581. The quantitative estimate of drug-likeness (QED) is 0.164. The molecule has 2 fully saturated rings. The molecule has 0 spiro atoms. The Labute approximate surface area is 239 Å². The summed E-state index contributed by atoms with van der Waals surface area (Å²) in [5.41, 5.74) is 4.50. The second-order valence-electron chi connectivity index (χ2n) is 11.3. The molecule has 1 aliphatic carbocycles. The van der Waals surface area contributed by atoms with Crippen LogP contribution < -0.4 is 0 Å². The maximum absolute atomic E-state index is 13.5. The molecule has 1 aromatic carbocycles. The van der Waals surface area contributed by atoms with E-state index >= 15 is 0 Å². The van der Waals surface area contributed by atoms with Crippen LogP contribution in [0.5, 0.6) is 5.75 Å². The number of nitrogens with zero attached hydrogens (tertiary/aromatic N) is 1. The number of phenols is 1. The van der Waals surface area contributed by atoms with E-state index in [4.69, 9.17) is 9.84 Å². The van der Waals surface area contributed by atoms with Gasteiger partial charge in [0.1, 0.15) is 5.75 Å². The summed E-state index contributed by atoms with van der Waals surface area (Å²) >= 11 is 3.48. The van der Waals surface area contributed by atoms with Crippen molar-refractivity contribution in [3.63, 3.8) is 0 Å². The minimum absolute atomic E-state index is 0.0669. The van der Waals surface area contributed by atoms with Gasteiger partial charge in [0.05, 0.1) is 24.5 Å². The Bertz CT molecular complexity index is 1170. The third-order valence-corrected chi connectivity index (χ3v) is 9.03. The minimum atomic E-state index is -0.821. The second kappa shape index (κ2) is 12.8. The normalized spacial score (nSPS) is 25.1. The summed E-state index contributed by atoms with van der Waals surface area (Å²) in [6.45, 7) is 7.25. The molecule has 2 aliphatic heterocycles. The van der Waals surface area contributed by atoms with Crippen molar-refractivity contribution in [2.24, 2.45) is 23.7 Å². The number of carbonyl (C=O) groups excluding carboxylic acids is 2. The van der Waals surface area contributed by atoms with Crippen LogP contribution in [0, 0.1) is 23.7 Å². The Morgan fingerprint density at radius 2 is 1.92 bits per heavy atom. The molecule has 7 nitrogen and oxygen atoms in total. The number of amides is 2. The number of likely N-dealkylation sites (tertiary alicyclic amines) is 1. The van der Waals surface area contributed by atoms with Crippen molar-refractivity contribution in [2.75, 3.05) is 13.2 Å². The lowest BCUT2D eigenvalue weighted by atomic mass is 9.67. The zero-order chi connectivity index (χ0) is 28.3. The molecule has 0 aromatic heterocycles. The number of benzene rings is 1. The van der Waals surface area contributed by atoms with Crippen LogP contribution in [0.15, 0.2) is 39.4 Å². The van der Waals surface area contributed by atoms with Crippen molar-refractivity contribution in [1.29, 1.82) is 0 Å². The highest BCUT2D eigenvalue weighted by molar-refractivity contribution is 9.10. The Kier molecular flexibility index (Phi) is 9.70. The fourth-order valence-electron chi connectivity index (χ4n) is 6.50. The molecule has 2 amide bonds. The molecule has 0 radical (unpaired) electrons. The van der Waals surface area contributed by atoms with Gasteiger partial charge in [-0.05, 0) is 68.2 Å². The van der Waals surface area contributed by atoms with Crippen LogP contribution in [0.3, 0.4) is 0 Å². The van der Waals surface area contributed by atoms with E-state index in [-0.39, 0.29) is 53.8 Å². The van der Waals surface area contributed by atoms with Gasteiger partial charge < -0.3 is 14.9 Å². The standard InChI is InChI=1S/C31H40BrNO6/c1-4-19(14-20-15-21(32)10-11-25(20)34)9-12-26-28-22(18(2)3)16-23-29(24(28)17-39-26)31(38)33(30(23)37)13-7-5-6-8-27(35)36/h10-11,14-15,18,23-24,26,29,34H,4-9,12-13,16-17H2,1-3H3,(H,35,36)/b19-14+/t23-,24+,26-,29-/m1/s1. The number of ether oxygens (including phenoxy) is 1. The van der Waals surface area contributed by atoms with Gasteiger partial charge in [-0.1, -0.05) is 60.3 Å². The molecule has 1 aromatic rings. The summed E-state index contributed by atoms with van der Waals surface area (Å²) in [6, 6.07) is 5.41. The number of aromatic hydroxyl groups is 1. The van der Waals surface area contributed by atoms with Crippen LogP contribution in [0.25, 0.3) is 6.08 Å². The number of phenolic OH excluding ortho intramolecular Hbond substituents is 1. The van der Waals surface area contributed by atoms with Crippen LogP contribution in [-0.4, -0.2) is 52.2 Å². The van der Waals surface area contributed by atoms with Gasteiger partial charge in [0.2, 0.25) is 11.8 Å². The second-order valence-corrected chi connectivity index (χ2v) is 12.2. The molecular weight excluding hydrogens is 562 g/mol. The zero-order valence-corrected chi connectivity index (χ0v) is 24.7. The molecule has 0 bridgehead atoms. The molecule has 8 heteroatoms. The number of fused-ring (bicyclic) bond motifs is 3. The third kappa shape index (κ3) is 6.49. The molecule has 0 unspecified atom stereocenters. The van der Waals surface area contributed by atoms with Gasteiger partial charge in [0, 0.05) is 28.9 Å². The third-order valence-electron chi connectivity index (χ3n) is 8.54. The van der Waals surface area contributed by atoms with Crippen LogP contribution >= 0.6 is 15.9 Å². The molecule has 212 valence electrons. The number of allylic oxidation sites excluding steroid dienone is 2. The summed E-state index contributed by atoms with van der Waals surface area (Å²) in [5.74, 6) is -1.22. The van der Waals surface area contributed by atoms with Crippen molar-refractivity contribution in [2.45, 2.75) is 78.2 Å². The zero-order valence-electron chi connectivity index (χ0n) is 23.1. The van der Waals surface area contributed by atoms with Crippen molar-refractivity contribution >= 4 is 39.8 Å². The van der Waals surface area contributed by atoms with Gasteiger partial charge in [-0.3, -0.25) is 19.3 Å². The Morgan fingerprint density at radius 3 is 2.62 bits per heavy atom. The average molecular weight is 603 g/mol. The molecule has 4 rings (SSSR count). The van der Waals surface area contributed by atoms with E-state index in [1.54, 1.807) is 6.07 Å². The highest BCUT2D eigenvalue weighted by atomic mass is 79.9. The number of carbonyl (C=O) groups is 3. The first-order valence-corrected chi connectivity index (χ1v) is 15.0. The van der Waals surface area contributed by atoms with Crippen LogP contribution in [-0.2, 0) is 19.1 Å². The molecule has 39 heavy (non-hydrogen) atoms. The molecular formula is C31H40BrNO6. The molecule has 3 aliphatic rings. The maximum atomic E-state index is 13.5. The molecule has 0 saturated carbocycles. The number of carboxylic acid groups (broad SMARTS) is 1. The largest absolute Gasteiger partial charge is 0.507 e. The SMILES string of the molecule is CC/C(=C\c1cc(Br)ccc1O)CC[C@H]1OC[C@H]2C1=C(C(C)C)C[C@H]1C(=O)N(CCCCCC(=O)O)C(=O)[C@H]12. The summed E-state index contributed by atoms with van der Waals surface area (Å²) < 4.78 is 7.27. The van der Waals surface area contributed by atoms with Crippen molar-refractivity contribution in [3.05, 3.63) is 45.0 Å². The van der Waals surface area contributed by atoms with Crippen molar-refractivity contribution in [1.82, 2.24) is 4.90 Å². The topological polar surface area (TPSA) is 104 Å². The van der Waals surface area contributed by atoms with Gasteiger partial charge in [-0.15, -0.1) is 0 Å². The van der Waals surface area contributed by atoms with Crippen LogP contribution in [0.1, 0.15) is 77.7 Å². The lowest BCUT2D eigenvalue weighted by molar-refractivity contribution is -0.141. The lowest BCUT2D eigenvalue weighted by Crippen LogP contribution is -2.35.